The largest absolute Gasteiger partial charge is 0.493 e. The summed E-state index contributed by atoms with van der Waals surface area (Å²) in [5.74, 6) is 1.43. The molecule has 0 aliphatic heterocycles. The Kier molecular flexibility index (Phi) is 7.57. The van der Waals surface area contributed by atoms with E-state index in [0.717, 1.165) is 40.2 Å². The van der Waals surface area contributed by atoms with E-state index in [-0.39, 0.29) is 0 Å². The van der Waals surface area contributed by atoms with Crippen LogP contribution in [0.1, 0.15) is 67.4 Å². The third-order valence-electron chi connectivity index (χ3n) is 7.50. The second-order valence-electron chi connectivity index (χ2n) is 10.1. The van der Waals surface area contributed by atoms with Crippen molar-refractivity contribution in [2.24, 2.45) is 5.92 Å². The van der Waals surface area contributed by atoms with Crippen LogP contribution in [0, 0.1) is 5.92 Å². The first-order valence-electron chi connectivity index (χ1n) is 13.1. The monoisotopic (exact) mass is 485 g/mol. The molecule has 2 aliphatic rings. The SMILES string of the molecule is CN(CCC(O)c1cccc(OCC2CCCCC2)c1)C(=O)OC1c2ccccc2-c2ccccc21. The highest BCUT2D eigenvalue weighted by molar-refractivity contribution is 5.79. The number of amides is 1. The lowest BCUT2D eigenvalue weighted by Crippen LogP contribution is -2.30. The number of ether oxygens (including phenoxy) is 2. The summed E-state index contributed by atoms with van der Waals surface area (Å²) in [5, 5.41) is 10.8. The van der Waals surface area contributed by atoms with Gasteiger partial charge in [-0.15, -0.1) is 0 Å². The highest BCUT2D eigenvalue weighted by atomic mass is 16.6. The third-order valence-corrected chi connectivity index (χ3v) is 7.50. The van der Waals surface area contributed by atoms with Gasteiger partial charge >= 0.3 is 6.09 Å². The van der Waals surface area contributed by atoms with Gasteiger partial charge in [0.05, 0.1) is 12.7 Å². The predicted octanol–water partition coefficient (Wildman–Crippen LogP) is 6.91. The number of nitrogens with zero attached hydrogens (tertiary/aromatic N) is 1. The standard InChI is InChI=1S/C31H35NO4/c1-32(31(34)36-30-27-16-7-5-14-25(27)26-15-6-8-17-28(26)30)19-18-29(33)23-12-9-13-24(20-23)35-21-22-10-3-2-4-11-22/h5-9,12-17,20,22,29-30,33H,2-4,10-11,18-19,21H2,1H3. The maximum Gasteiger partial charge on any atom is 0.410 e. The topological polar surface area (TPSA) is 59.0 Å². The van der Waals surface area contributed by atoms with Crippen LogP contribution in [0.3, 0.4) is 0 Å². The van der Waals surface area contributed by atoms with E-state index in [0.29, 0.717) is 18.9 Å². The van der Waals surface area contributed by atoms with Crippen LogP contribution in [0.25, 0.3) is 11.1 Å². The third kappa shape index (κ3) is 5.41. The van der Waals surface area contributed by atoms with Crippen LogP contribution < -0.4 is 4.74 Å². The predicted molar refractivity (Wildman–Crippen MR) is 141 cm³/mol. The number of fused-ring (bicyclic) bond motifs is 3. The molecule has 36 heavy (non-hydrogen) atoms. The summed E-state index contributed by atoms with van der Waals surface area (Å²) in [6, 6.07) is 23.8. The van der Waals surface area contributed by atoms with E-state index in [9.17, 15) is 9.90 Å². The number of carbonyl (C=O) groups is 1. The molecule has 0 bridgehead atoms. The van der Waals surface area contributed by atoms with Gasteiger partial charge < -0.3 is 19.5 Å². The van der Waals surface area contributed by atoms with Gasteiger partial charge in [0.15, 0.2) is 6.10 Å². The summed E-state index contributed by atoms with van der Waals surface area (Å²) in [6.07, 6.45) is 5.30. The van der Waals surface area contributed by atoms with Crippen LogP contribution in [0.15, 0.2) is 72.8 Å². The highest BCUT2D eigenvalue weighted by Crippen LogP contribution is 2.45. The van der Waals surface area contributed by atoms with Crippen molar-refractivity contribution in [2.75, 3.05) is 20.2 Å². The number of rotatable bonds is 8. The van der Waals surface area contributed by atoms with Gasteiger partial charge in [0.2, 0.25) is 0 Å². The molecule has 1 N–H and O–H groups in total. The number of hydrogen-bond acceptors (Lipinski definition) is 4. The Labute approximate surface area is 213 Å². The average molecular weight is 486 g/mol. The number of carbonyl (C=O) groups excluding carboxylic acids is 1. The summed E-state index contributed by atoms with van der Waals surface area (Å²) in [5.41, 5.74) is 5.02. The molecule has 5 nitrogen and oxygen atoms in total. The van der Waals surface area contributed by atoms with Gasteiger partial charge in [-0.2, -0.15) is 0 Å². The van der Waals surface area contributed by atoms with Gasteiger partial charge in [-0.25, -0.2) is 4.79 Å². The van der Waals surface area contributed by atoms with Crippen LogP contribution in [-0.2, 0) is 4.74 Å². The van der Waals surface area contributed by atoms with Crippen molar-refractivity contribution in [3.63, 3.8) is 0 Å². The molecule has 3 aromatic carbocycles. The Balaban J connectivity index is 1.15. The molecule has 2 aliphatic carbocycles. The zero-order valence-corrected chi connectivity index (χ0v) is 20.9. The Morgan fingerprint density at radius 1 is 0.944 bits per heavy atom. The lowest BCUT2D eigenvalue weighted by Gasteiger charge is -2.23. The lowest BCUT2D eigenvalue weighted by molar-refractivity contribution is 0.0793. The normalized spacial score (nSPS) is 16.2. The van der Waals surface area contributed by atoms with Crippen molar-refractivity contribution in [3.8, 4) is 16.9 Å². The molecule has 1 saturated carbocycles. The molecular formula is C31H35NO4. The molecular weight excluding hydrogens is 450 g/mol. The highest BCUT2D eigenvalue weighted by Gasteiger charge is 2.31. The second kappa shape index (κ2) is 11.2. The summed E-state index contributed by atoms with van der Waals surface area (Å²) >= 11 is 0. The average Bonchev–Trinajstić information content (AvgIpc) is 3.24. The minimum Gasteiger partial charge on any atom is -0.493 e. The molecule has 0 aromatic heterocycles. The van der Waals surface area contributed by atoms with Crippen molar-refractivity contribution in [1.29, 1.82) is 0 Å². The molecule has 1 atom stereocenters. The lowest BCUT2D eigenvalue weighted by atomic mass is 9.90. The van der Waals surface area contributed by atoms with E-state index in [1.54, 1.807) is 7.05 Å². The first-order valence-corrected chi connectivity index (χ1v) is 13.1. The molecule has 0 radical (unpaired) electrons. The maximum absolute atomic E-state index is 13.0. The fraction of sp³-hybridized carbons (Fsp3) is 0.387. The van der Waals surface area contributed by atoms with Crippen molar-refractivity contribution >= 4 is 6.09 Å². The molecule has 0 saturated heterocycles. The van der Waals surface area contributed by atoms with Gasteiger partial charge in [-0.3, -0.25) is 0 Å². The zero-order chi connectivity index (χ0) is 24.9. The quantitative estimate of drug-likeness (QED) is 0.377. The van der Waals surface area contributed by atoms with Crippen LogP contribution in [0.5, 0.6) is 5.75 Å². The Morgan fingerprint density at radius 3 is 2.31 bits per heavy atom. The van der Waals surface area contributed by atoms with Crippen molar-refractivity contribution < 1.29 is 19.4 Å². The number of benzene rings is 3. The number of aliphatic hydroxyl groups excluding tert-OH is 1. The van der Waals surface area contributed by atoms with E-state index < -0.39 is 18.3 Å². The first kappa shape index (κ1) is 24.4. The van der Waals surface area contributed by atoms with E-state index in [4.69, 9.17) is 9.47 Å². The van der Waals surface area contributed by atoms with Crippen LogP contribution >= 0.6 is 0 Å². The van der Waals surface area contributed by atoms with Crippen LogP contribution in [0.2, 0.25) is 0 Å². The summed E-state index contributed by atoms with van der Waals surface area (Å²) in [7, 11) is 1.71. The zero-order valence-electron chi connectivity index (χ0n) is 20.9. The summed E-state index contributed by atoms with van der Waals surface area (Å²) in [6.45, 7) is 1.12. The van der Waals surface area contributed by atoms with Gasteiger partial charge in [0.25, 0.3) is 0 Å². The molecule has 5 rings (SSSR count). The van der Waals surface area contributed by atoms with Crippen LogP contribution in [-0.4, -0.2) is 36.3 Å². The van der Waals surface area contributed by atoms with Crippen molar-refractivity contribution in [3.05, 3.63) is 89.5 Å². The van der Waals surface area contributed by atoms with Gasteiger partial charge in [-0.05, 0) is 54.0 Å². The number of hydrogen-bond donors (Lipinski definition) is 1. The Morgan fingerprint density at radius 2 is 1.61 bits per heavy atom. The second-order valence-corrected chi connectivity index (χ2v) is 10.1. The van der Waals surface area contributed by atoms with Crippen molar-refractivity contribution in [2.45, 2.75) is 50.7 Å². The molecule has 0 heterocycles. The number of aliphatic hydroxyl groups is 1. The molecule has 1 fully saturated rings. The summed E-state index contributed by atoms with van der Waals surface area (Å²) in [4.78, 5) is 14.5. The van der Waals surface area contributed by atoms with Gasteiger partial charge in [0.1, 0.15) is 5.75 Å². The van der Waals surface area contributed by atoms with Crippen LogP contribution in [0.4, 0.5) is 4.79 Å². The Hall–Kier alpha value is -3.31. The molecule has 188 valence electrons. The minimum absolute atomic E-state index is 0.378. The van der Waals surface area contributed by atoms with Gasteiger partial charge in [-0.1, -0.05) is 79.9 Å². The molecule has 1 amide bonds. The minimum atomic E-state index is -0.689. The summed E-state index contributed by atoms with van der Waals surface area (Å²) < 4.78 is 12.0. The molecule has 0 spiro atoms. The smallest absolute Gasteiger partial charge is 0.410 e. The van der Waals surface area contributed by atoms with E-state index >= 15 is 0 Å². The van der Waals surface area contributed by atoms with E-state index in [2.05, 4.69) is 12.1 Å². The Bertz CT molecular complexity index is 1140. The first-order chi connectivity index (χ1) is 17.6. The maximum atomic E-state index is 13.0. The van der Waals surface area contributed by atoms with E-state index in [1.165, 1.54) is 37.0 Å². The van der Waals surface area contributed by atoms with Crippen molar-refractivity contribution in [1.82, 2.24) is 4.90 Å². The van der Waals surface area contributed by atoms with Gasteiger partial charge in [0, 0.05) is 24.7 Å². The molecule has 5 heteroatoms. The molecule has 1 unspecified atom stereocenters. The fourth-order valence-corrected chi connectivity index (χ4v) is 5.38. The van der Waals surface area contributed by atoms with E-state index in [1.807, 2.05) is 60.7 Å². The fourth-order valence-electron chi connectivity index (χ4n) is 5.38. The molecule has 3 aromatic rings.